The maximum atomic E-state index is 6.43. The average molecular weight is 655 g/mol. The minimum absolute atomic E-state index is 0.612. The predicted octanol–water partition coefficient (Wildman–Crippen LogP) is 13.4. The van der Waals surface area contributed by atoms with Gasteiger partial charge < -0.3 is 13.7 Å². The molecule has 0 atom stereocenters. The number of furan rings is 1. The first-order valence-electron chi connectivity index (χ1n) is 17.1. The Kier molecular flexibility index (Phi) is 6.78. The quantitative estimate of drug-likeness (QED) is 0.179. The fraction of sp³-hybridized carbons (Fsp3) is 0. The summed E-state index contributed by atoms with van der Waals surface area (Å²) in [5.41, 5.74) is 11.7. The molecular weight excluding hydrogens is 625 g/mol. The van der Waals surface area contributed by atoms with E-state index in [0.29, 0.717) is 5.89 Å². The Bertz CT molecular complexity index is 2860. The van der Waals surface area contributed by atoms with E-state index in [-0.39, 0.29) is 0 Å². The van der Waals surface area contributed by atoms with E-state index in [1.807, 2.05) is 54.6 Å². The Balaban J connectivity index is 1.11. The zero-order valence-electron chi connectivity index (χ0n) is 27.5. The van der Waals surface area contributed by atoms with Crippen molar-refractivity contribution in [2.24, 2.45) is 0 Å². The van der Waals surface area contributed by atoms with Crippen LogP contribution in [0.5, 0.6) is 0 Å². The number of hydrogen-bond acceptors (Lipinski definition) is 4. The van der Waals surface area contributed by atoms with Crippen LogP contribution in [-0.4, -0.2) is 4.98 Å². The number of hydrogen-bond donors (Lipinski definition) is 0. The van der Waals surface area contributed by atoms with E-state index < -0.39 is 0 Å². The number of oxazole rings is 1. The number of para-hydroxylation sites is 2. The molecule has 240 valence electrons. The summed E-state index contributed by atoms with van der Waals surface area (Å²) >= 11 is 0. The van der Waals surface area contributed by atoms with Gasteiger partial charge in [0.1, 0.15) is 16.7 Å². The molecule has 10 aromatic rings. The molecule has 51 heavy (non-hydrogen) atoms. The monoisotopic (exact) mass is 654 g/mol. The van der Waals surface area contributed by atoms with Crippen molar-refractivity contribution in [3.8, 4) is 33.7 Å². The Hall–Kier alpha value is -6.91. The molecule has 0 aliphatic heterocycles. The second kappa shape index (κ2) is 11.9. The van der Waals surface area contributed by atoms with Crippen molar-refractivity contribution in [1.29, 1.82) is 0 Å². The van der Waals surface area contributed by atoms with Gasteiger partial charge in [-0.2, -0.15) is 0 Å². The number of aromatic nitrogens is 1. The number of benzene rings is 8. The minimum atomic E-state index is 0.612. The van der Waals surface area contributed by atoms with Gasteiger partial charge in [0.2, 0.25) is 5.89 Å². The van der Waals surface area contributed by atoms with E-state index in [1.54, 1.807) is 0 Å². The van der Waals surface area contributed by atoms with Crippen LogP contribution >= 0.6 is 0 Å². The molecule has 2 aromatic heterocycles. The first-order valence-corrected chi connectivity index (χ1v) is 17.1. The average Bonchev–Trinajstić information content (AvgIpc) is 3.80. The maximum Gasteiger partial charge on any atom is 0.227 e. The molecule has 0 amide bonds. The predicted molar refractivity (Wildman–Crippen MR) is 210 cm³/mol. The molecule has 0 aliphatic rings. The molecule has 0 N–H and O–H groups in total. The van der Waals surface area contributed by atoms with Crippen molar-refractivity contribution in [2.45, 2.75) is 0 Å². The van der Waals surface area contributed by atoms with Gasteiger partial charge in [0.15, 0.2) is 5.58 Å². The van der Waals surface area contributed by atoms with Crippen LogP contribution in [0.3, 0.4) is 0 Å². The second-order valence-corrected chi connectivity index (χ2v) is 12.8. The number of anilines is 3. The Labute approximate surface area is 294 Å². The minimum Gasteiger partial charge on any atom is -0.456 e. The molecule has 0 fully saturated rings. The van der Waals surface area contributed by atoms with Crippen LogP contribution < -0.4 is 4.90 Å². The van der Waals surface area contributed by atoms with Gasteiger partial charge in [-0.15, -0.1) is 0 Å². The molecule has 0 saturated heterocycles. The first-order chi connectivity index (χ1) is 25.3. The van der Waals surface area contributed by atoms with Crippen LogP contribution in [0.4, 0.5) is 17.1 Å². The SMILES string of the molecule is c1ccc(-c2nc3cccc(-c4cccc(N(c5ccc(-c6cccc7ccccc67)cc5)c5ccc6c(c5)oc5ccccc56)c4)c3o2)cc1. The molecule has 0 radical (unpaired) electrons. The molecule has 4 heteroatoms. The summed E-state index contributed by atoms with van der Waals surface area (Å²) in [5.74, 6) is 0.612. The lowest BCUT2D eigenvalue weighted by Gasteiger charge is -2.26. The van der Waals surface area contributed by atoms with Gasteiger partial charge in [-0.1, -0.05) is 115 Å². The van der Waals surface area contributed by atoms with Crippen LogP contribution in [-0.2, 0) is 0 Å². The molecule has 0 unspecified atom stereocenters. The largest absolute Gasteiger partial charge is 0.456 e. The van der Waals surface area contributed by atoms with E-state index in [4.69, 9.17) is 13.8 Å². The summed E-state index contributed by atoms with van der Waals surface area (Å²) in [5, 5.41) is 4.68. The zero-order valence-corrected chi connectivity index (χ0v) is 27.5. The topological polar surface area (TPSA) is 42.4 Å². The van der Waals surface area contributed by atoms with E-state index in [0.717, 1.165) is 66.8 Å². The summed E-state index contributed by atoms with van der Waals surface area (Å²) in [6.45, 7) is 0. The highest BCUT2D eigenvalue weighted by Gasteiger charge is 2.18. The Morgan fingerprint density at radius 2 is 1.06 bits per heavy atom. The van der Waals surface area contributed by atoms with Crippen molar-refractivity contribution >= 4 is 60.9 Å². The molecule has 0 saturated carbocycles. The summed E-state index contributed by atoms with van der Waals surface area (Å²) in [7, 11) is 0. The highest BCUT2D eigenvalue weighted by atomic mass is 16.3. The number of fused-ring (bicyclic) bond motifs is 5. The second-order valence-electron chi connectivity index (χ2n) is 12.8. The summed E-state index contributed by atoms with van der Waals surface area (Å²) < 4.78 is 12.8. The fourth-order valence-electron chi connectivity index (χ4n) is 7.26. The lowest BCUT2D eigenvalue weighted by Crippen LogP contribution is -2.10. The van der Waals surface area contributed by atoms with Crippen molar-refractivity contribution in [3.63, 3.8) is 0 Å². The van der Waals surface area contributed by atoms with Gasteiger partial charge in [0.25, 0.3) is 0 Å². The van der Waals surface area contributed by atoms with Crippen LogP contribution in [0.2, 0.25) is 0 Å². The summed E-state index contributed by atoms with van der Waals surface area (Å²) in [6.07, 6.45) is 0. The Morgan fingerprint density at radius 1 is 0.392 bits per heavy atom. The van der Waals surface area contributed by atoms with Gasteiger partial charge in [0, 0.05) is 45.0 Å². The third-order valence-corrected chi connectivity index (χ3v) is 9.70. The van der Waals surface area contributed by atoms with Gasteiger partial charge in [-0.3, -0.25) is 0 Å². The van der Waals surface area contributed by atoms with E-state index in [1.165, 1.54) is 21.9 Å². The van der Waals surface area contributed by atoms with Crippen molar-refractivity contribution in [1.82, 2.24) is 4.98 Å². The van der Waals surface area contributed by atoms with Crippen LogP contribution in [0.15, 0.2) is 191 Å². The standard InChI is InChI=1S/C47H30N2O2/c1-2-12-33(13-3-1)47-48-43-21-10-20-40(46(43)51-47)34-15-8-16-36(29-34)49(37-27-28-42-41-18-6-7-22-44(41)50-45(42)30-37)35-25-23-32(24-26-35)39-19-9-14-31-11-4-5-17-38(31)39/h1-30H. The van der Waals surface area contributed by atoms with Crippen molar-refractivity contribution < 1.29 is 8.83 Å². The summed E-state index contributed by atoms with van der Waals surface area (Å²) in [4.78, 5) is 7.12. The van der Waals surface area contributed by atoms with Gasteiger partial charge >= 0.3 is 0 Å². The van der Waals surface area contributed by atoms with Crippen molar-refractivity contribution in [2.75, 3.05) is 4.90 Å². The van der Waals surface area contributed by atoms with Crippen LogP contribution in [0, 0.1) is 0 Å². The fourth-order valence-corrected chi connectivity index (χ4v) is 7.26. The summed E-state index contributed by atoms with van der Waals surface area (Å²) in [6, 6.07) is 63.4. The molecule has 0 spiro atoms. The smallest absolute Gasteiger partial charge is 0.227 e. The van der Waals surface area contributed by atoms with Crippen molar-refractivity contribution in [3.05, 3.63) is 182 Å². The first kappa shape index (κ1) is 29.0. The molecule has 2 heterocycles. The number of nitrogens with zero attached hydrogens (tertiary/aromatic N) is 2. The zero-order chi connectivity index (χ0) is 33.7. The van der Waals surface area contributed by atoms with E-state index >= 15 is 0 Å². The van der Waals surface area contributed by atoms with Crippen LogP contribution in [0.1, 0.15) is 0 Å². The lowest BCUT2D eigenvalue weighted by atomic mass is 9.98. The van der Waals surface area contributed by atoms with Gasteiger partial charge in [-0.25, -0.2) is 4.98 Å². The normalized spacial score (nSPS) is 11.5. The molecule has 10 rings (SSSR count). The Morgan fingerprint density at radius 3 is 1.96 bits per heavy atom. The molecule has 8 aromatic carbocycles. The van der Waals surface area contributed by atoms with E-state index in [2.05, 4.69) is 132 Å². The lowest BCUT2D eigenvalue weighted by molar-refractivity contribution is 0.621. The molecular formula is C47H30N2O2. The third-order valence-electron chi connectivity index (χ3n) is 9.70. The van der Waals surface area contributed by atoms with E-state index in [9.17, 15) is 0 Å². The maximum absolute atomic E-state index is 6.43. The highest BCUT2D eigenvalue weighted by molar-refractivity contribution is 6.06. The molecule has 0 aliphatic carbocycles. The van der Waals surface area contributed by atoms with Crippen LogP contribution in [0.25, 0.3) is 77.5 Å². The number of rotatable bonds is 6. The third kappa shape index (κ3) is 5.04. The molecule has 0 bridgehead atoms. The van der Waals surface area contributed by atoms with Gasteiger partial charge in [-0.05, 0) is 88.1 Å². The van der Waals surface area contributed by atoms with Gasteiger partial charge in [0.05, 0.1) is 0 Å². The molecule has 4 nitrogen and oxygen atoms in total. The highest BCUT2D eigenvalue weighted by Crippen LogP contribution is 2.41.